The Morgan fingerprint density at radius 3 is 2.33 bits per heavy atom. The Morgan fingerprint density at radius 2 is 1.62 bits per heavy atom. The van der Waals surface area contributed by atoms with Crippen molar-refractivity contribution in [3.63, 3.8) is 0 Å². The van der Waals surface area contributed by atoms with Crippen LogP contribution >= 0.6 is 0 Å². The zero-order chi connectivity index (χ0) is 16.9. The Bertz CT molecular complexity index is 834. The minimum absolute atomic E-state index is 0.294. The van der Waals surface area contributed by atoms with Gasteiger partial charge in [-0.15, -0.1) is 0 Å². The molecule has 1 atom stereocenters. The summed E-state index contributed by atoms with van der Waals surface area (Å²) < 4.78 is 10.8. The number of aliphatic carboxylic acids is 1. The maximum absolute atomic E-state index is 11.6. The lowest BCUT2D eigenvalue weighted by molar-refractivity contribution is -0.145. The molecule has 4 nitrogen and oxygen atoms in total. The lowest BCUT2D eigenvalue weighted by atomic mass is 10.00. The molecule has 0 radical (unpaired) electrons. The Balaban J connectivity index is 1.84. The van der Waals surface area contributed by atoms with Crippen LogP contribution < -0.4 is 9.47 Å². The minimum Gasteiger partial charge on any atom is -0.497 e. The van der Waals surface area contributed by atoms with Gasteiger partial charge in [-0.3, -0.25) is 0 Å². The van der Waals surface area contributed by atoms with E-state index in [9.17, 15) is 9.90 Å². The smallest absolute Gasteiger partial charge is 0.345 e. The Labute approximate surface area is 140 Å². The molecule has 0 aliphatic rings. The second-order valence-corrected chi connectivity index (χ2v) is 5.46. The van der Waals surface area contributed by atoms with Crippen molar-refractivity contribution in [2.75, 3.05) is 7.11 Å². The first kappa shape index (κ1) is 15.9. The number of methoxy groups -OCH3 is 1. The van der Waals surface area contributed by atoms with Gasteiger partial charge in [0.25, 0.3) is 0 Å². The summed E-state index contributed by atoms with van der Waals surface area (Å²) in [6.07, 6.45) is -0.660. The predicted octanol–water partition coefficient (Wildman–Crippen LogP) is 3.92. The molecular formula is C20H18O4. The first-order chi connectivity index (χ1) is 11.7. The van der Waals surface area contributed by atoms with Crippen molar-refractivity contribution >= 4 is 16.7 Å². The molecule has 0 bridgehead atoms. The molecule has 0 spiro atoms. The summed E-state index contributed by atoms with van der Waals surface area (Å²) in [7, 11) is 1.58. The Kier molecular flexibility index (Phi) is 4.66. The van der Waals surface area contributed by atoms with Gasteiger partial charge in [-0.05, 0) is 40.6 Å². The molecule has 0 amide bonds. The van der Waals surface area contributed by atoms with E-state index < -0.39 is 12.1 Å². The lowest BCUT2D eigenvalue weighted by Gasteiger charge is -2.16. The molecule has 3 aromatic rings. The van der Waals surface area contributed by atoms with Gasteiger partial charge in [0.1, 0.15) is 11.5 Å². The van der Waals surface area contributed by atoms with Gasteiger partial charge in [0.15, 0.2) is 6.10 Å². The molecule has 0 heterocycles. The number of carboxylic acids is 1. The third-order valence-corrected chi connectivity index (χ3v) is 3.90. The van der Waals surface area contributed by atoms with Crippen LogP contribution in [0.4, 0.5) is 0 Å². The van der Waals surface area contributed by atoms with Crippen molar-refractivity contribution in [1.29, 1.82) is 0 Å². The molecule has 0 aromatic heterocycles. The quantitative estimate of drug-likeness (QED) is 0.747. The number of benzene rings is 3. The third-order valence-electron chi connectivity index (χ3n) is 3.90. The SMILES string of the molecule is COc1ccc(O[C@@H](Cc2cccc3ccccc23)C(=O)O)cc1. The third kappa shape index (κ3) is 3.49. The van der Waals surface area contributed by atoms with Crippen molar-refractivity contribution < 1.29 is 19.4 Å². The van der Waals surface area contributed by atoms with E-state index in [-0.39, 0.29) is 0 Å². The maximum Gasteiger partial charge on any atom is 0.345 e. The lowest BCUT2D eigenvalue weighted by Crippen LogP contribution is -2.29. The summed E-state index contributed by atoms with van der Waals surface area (Å²) in [5.74, 6) is 0.213. The van der Waals surface area contributed by atoms with E-state index in [2.05, 4.69) is 0 Å². The van der Waals surface area contributed by atoms with Gasteiger partial charge in [-0.25, -0.2) is 4.79 Å². The van der Waals surface area contributed by atoms with E-state index in [1.165, 1.54) is 0 Å². The second kappa shape index (κ2) is 7.04. The van der Waals surface area contributed by atoms with Crippen molar-refractivity contribution in [3.8, 4) is 11.5 Å². The van der Waals surface area contributed by atoms with E-state index in [1.807, 2.05) is 42.5 Å². The summed E-state index contributed by atoms with van der Waals surface area (Å²) in [6, 6.07) is 20.7. The Morgan fingerprint density at radius 1 is 0.958 bits per heavy atom. The van der Waals surface area contributed by atoms with Gasteiger partial charge in [0.05, 0.1) is 7.11 Å². The standard InChI is InChI=1S/C20H18O4/c1-23-16-9-11-17(12-10-16)24-19(20(21)22)13-15-7-4-6-14-5-2-3-8-18(14)15/h2-12,19H,13H2,1H3,(H,21,22)/t19-/m0/s1. The van der Waals surface area contributed by atoms with Crippen LogP contribution in [0.25, 0.3) is 10.8 Å². The van der Waals surface area contributed by atoms with E-state index >= 15 is 0 Å². The number of carbonyl (C=O) groups is 1. The number of carboxylic acid groups (broad SMARTS) is 1. The molecule has 0 saturated carbocycles. The highest BCUT2D eigenvalue weighted by atomic mass is 16.5. The van der Waals surface area contributed by atoms with E-state index in [0.29, 0.717) is 17.9 Å². The number of rotatable bonds is 6. The summed E-state index contributed by atoms with van der Waals surface area (Å²) in [5.41, 5.74) is 0.953. The number of hydrogen-bond acceptors (Lipinski definition) is 3. The molecule has 3 rings (SSSR count). The molecule has 122 valence electrons. The zero-order valence-electron chi connectivity index (χ0n) is 13.3. The minimum atomic E-state index is -0.987. The molecule has 4 heteroatoms. The highest BCUT2D eigenvalue weighted by molar-refractivity contribution is 5.86. The average Bonchev–Trinajstić information content (AvgIpc) is 2.62. The molecule has 24 heavy (non-hydrogen) atoms. The molecule has 0 aliphatic carbocycles. The summed E-state index contributed by atoms with van der Waals surface area (Å²) in [4.78, 5) is 11.6. The van der Waals surface area contributed by atoms with E-state index in [0.717, 1.165) is 16.3 Å². The largest absolute Gasteiger partial charge is 0.497 e. The number of fused-ring (bicyclic) bond motifs is 1. The monoisotopic (exact) mass is 322 g/mol. The van der Waals surface area contributed by atoms with Crippen LogP contribution in [0, 0.1) is 0 Å². The number of ether oxygens (including phenoxy) is 2. The molecule has 0 fully saturated rings. The van der Waals surface area contributed by atoms with Gasteiger partial charge in [-0.1, -0.05) is 42.5 Å². The van der Waals surface area contributed by atoms with Gasteiger partial charge in [-0.2, -0.15) is 0 Å². The first-order valence-corrected chi connectivity index (χ1v) is 7.67. The molecular weight excluding hydrogens is 304 g/mol. The first-order valence-electron chi connectivity index (χ1n) is 7.67. The molecule has 1 N–H and O–H groups in total. The Hall–Kier alpha value is -3.01. The van der Waals surface area contributed by atoms with Crippen LogP contribution in [0.1, 0.15) is 5.56 Å². The fourth-order valence-electron chi connectivity index (χ4n) is 2.67. The van der Waals surface area contributed by atoms with E-state index in [1.54, 1.807) is 31.4 Å². The van der Waals surface area contributed by atoms with Crippen LogP contribution in [-0.4, -0.2) is 24.3 Å². The fourth-order valence-corrected chi connectivity index (χ4v) is 2.67. The zero-order valence-corrected chi connectivity index (χ0v) is 13.3. The van der Waals surface area contributed by atoms with Gasteiger partial charge < -0.3 is 14.6 Å². The highest BCUT2D eigenvalue weighted by Gasteiger charge is 2.21. The maximum atomic E-state index is 11.6. The van der Waals surface area contributed by atoms with Gasteiger partial charge in [0, 0.05) is 6.42 Å². The van der Waals surface area contributed by atoms with Gasteiger partial charge >= 0.3 is 5.97 Å². The molecule has 0 saturated heterocycles. The van der Waals surface area contributed by atoms with Crippen LogP contribution in [0.3, 0.4) is 0 Å². The van der Waals surface area contributed by atoms with Crippen molar-refractivity contribution in [2.24, 2.45) is 0 Å². The van der Waals surface area contributed by atoms with Crippen molar-refractivity contribution in [3.05, 3.63) is 72.3 Å². The van der Waals surface area contributed by atoms with Crippen molar-refractivity contribution in [1.82, 2.24) is 0 Å². The molecule has 3 aromatic carbocycles. The van der Waals surface area contributed by atoms with Crippen LogP contribution in [0.15, 0.2) is 66.7 Å². The average molecular weight is 322 g/mol. The summed E-state index contributed by atoms with van der Waals surface area (Å²) in [5, 5.41) is 11.7. The topological polar surface area (TPSA) is 55.8 Å². The summed E-state index contributed by atoms with van der Waals surface area (Å²) in [6.45, 7) is 0. The van der Waals surface area contributed by atoms with Gasteiger partial charge in [0.2, 0.25) is 0 Å². The summed E-state index contributed by atoms with van der Waals surface area (Å²) >= 11 is 0. The van der Waals surface area contributed by atoms with Crippen LogP contribution in [-0.2, 0) is 11.2 Å². The second-order valence-electron chi connectivity index (χ2n) is 5.46. The van der Waals surface area contributed by atoms with E-state index in [4.69, 9.17) is 9.47 Å². The van der Waals surface area contributed by atoms with Crippen LogP contribution in [0.2, 0.25) is 0 Å². The van der Waals surface area contributed by atoms with Crippen molar-refractivity contribution in [2.45, 2.75) is 12.5 Å². The highest BCUT2D eigenvalue weighted by Crippen LogP contribution is 2.23. The molecule has 0 aliphatic heterocycles. The fraction of sp³-hybridized carbons (Fsp3) is 0.150. The normalized spacial score (nSPS) is 11.9. The number of hydrogen-bond donors (Lipinski definition) is 1. The molecule has 0 unspecified atom stereocenters. The van der Waals surface area contributed by atoms with Crippen LogP contribution in [0.5, 0.6) is 11.5 Å². The predicted molar refractivity (Wildman–Crippen MR) is 92.7 cm³/mol.